The van der Waals surface area contributed by atoms with Crippen molar-refractivity contribution in [3.05, 3.63) is 34.9 Å². The van der Waals surface area contributed by atoms with Crippen molar-refractivity contribution in [1.82, 2.24) is 5.32 Å². The highest BCUT2D eigenvalue weighted by Gasteiger charge is 2.06. The van der Waals surface area contributed by atoms with E-state index in [1.807, 2.05) is 0 Å². The third kappa shape index (κ3) is 2.75. The normalized spacial score (nSPS) is 10.6. The van der Waals surface area contributed by atoms with Crippen molar-refractivity contribution in [2.24, 2.45) is 0 Å². The van der Waals surface area contributed by atoms with Gasteiger partial charge in [0.1, 0.15) is 11.6 Å². The van der Waals surface area contributed by atoms with E-state index in [-0.39, 0.29) is 6.61 Å². The first-order valence-corrected chi connectivity index (χ1v) is 4.41. The molecule has 14 heavy (non-hydrogen) atoms. The summed E-state index contributed by atoms with van der Waals surface area (Å²) in [6.45, 7) is 2.29. The van der Waals surface area contributed by atoms with Crippen molar-refractivity contribution >= 4 is 0 Å². The van der Waals surface area contributed by atoms with Crippen LogP contribution in [0.5, 0.6) is 0 Å². The zero-order valence-corrected chi connectivity index (χ0v) is 7.98. The largest absolute Gasteiger partial charge is 0.395 e. The van der Waals surface area contributed by atoms with E-state index in [9.17, 15) is 8.78 Å². The average Bonchev–Trinajstić information content (AvgIpc) is 2.14. The average molecular weight is 201 g/mol. The molecule has 0 aliphatic carbocycles. The van der Waals surface area contributed by atoms with Crippen LogP contribution in [0.2, 0.25) is 0 Å². The van der Waals surface area contributed by atoms with E-state index >= 15 is 0 Å². The van der Waals surface area contributed by atoms with Crippen LogP contribution < -0.4 is 5.32 Å². The fraction of sp³-hybridized carbons (Fsp3) is 0.400. The molecule has 2 N–H and O–H groups in total. The Morgan fingerprint density at radius 2 is 2.00 bits per heavy atom. The highest BCUT2D eigenvalue weighted by molar-refractivity contribution is 5.25. The quantitative estimate of drug-likeness (QED) is 0.721. The molecule has 0 saturated heterocycles. The molecule has 0 atom stereocenters. The Labute approximate surface area is 81.6 Å². The van der Waals surface area contributed by atoms with Gasteiger partial charge in [0.2, 0.25) is 0 Å². The molecule has 0 unspecified atom stereocenters. The SMILES string of the molecule is Cc1cc(CNCCO)c(F)cc1F. The minimum absolute atomic E-state index is 0.00178. The van der Waals surface area contributed by atoms with Crippen LogP contribution in [0.25, 0.3) is 0 Å². The van der Waals surface area contributed by atoms with Crippen molar-refractivity contribution < 1.29 is 13.9 Å². The molecule has 0 heterocycles. The van der Waals surface area contributed by atoms with Gasteiger partial charge in [-0.05, 0) is 18.6 Å². The lowest BCUT2D eigenvalue weighted by Crippen LogP contribution is -2.18. The number of hydrogen-bond donors (Lipinski definition) is 2. The summed E-state index contributed by atoms with van der Waals surface area (Å²) in [7, 11) is 0. The number of aliphatic hydroxyl groups is 1. The van der Waals surface area contributed by atoms with E-state index < -0.39 is 11.6 Å². The molecule has 0 aliphatic rings. The molecule has 0 aliphatic heterocycles. The first-order valence-electron chi connectivity index (χ1n) is 4.41. The highest BCUT2D eigenvalue weighted by atomic mass is 19.1. The van der Waals surface area contributed by atoms with Crippen LogP contribution in [-0.4, -0.2) is 18.3 Å². The third-order valence-electron chi connectivity index (χ3n) is 1.93. The minimum atomic E-state index is -0.557. The maximum absolute atomic E-state index is 13.1. The van der Waals surface area contributed by atoms with E-state index in [0.29, 0.717) is 24.2 Å². The Bertz CT molecular complexity index is 315. The fourth-order valence-electron chi connectivity index (χ4n) is 1.15. The van der Waals surface area contributed by atoms with Gasteiger partial charge in [0.15, 0.2) is 0 Å². The van der Waals surface area contributed by atoms with Crippen LogP contribution in [0, 0.1) is 18.6 Å². The molecule has 0 amide bonds. The number of aryl methyl sites for hydroxylation is 1. The molecule has 0 radical (unpaired) electrons. The van der Waals surface area contributed by atoms with Gasteiger partial charge in [-0.25, -0.2) is 8.78 Å². The second-order valence-electron chi connectivity index (χ2n) is 3.09. The van der Waals surface area contributed by atoms with Crippen molar-refractivity contribution in [1.29, 1.82) is 0 Å². The fourth-order valence-corrected chi connectivity index (χ4v) is 1.15. The van der Waals surface area contributed by atoms with Crippen LogP contribution >= 0.6 is 0 Å². The van der Waals surface area contributed by atoms with Gasteiger partial charge in [-0.15, -0.1) is 0 Å². The van der Waals surface area contributed by atoms with Gasteiger partial charge in [-0.1, -0.05) is 0 Å². The van der Waals surface area contributed by atoms with E-state index in [0.717, 1.165) is 6.07 Å². The number of nitrogens with one attached hydrogen (secondary N) is 1. The highest BCUT2D eigenvalue weighted by Crippen LogP contribution is 2.13. The Balaban J connectivity index is 2.72. The Morgan fingerprint density at radius 1 is 1.29 bits per heavy atom. The van der Waals surface area contributed by atoms with Gasteiger partial charge in [-0.2, -0.15) is 0 Å². The zero-order chi connectivity index (χ0) is 10.6. The number of rotatable bonds is 4. The maximum Gasteiger partial charge on any atom is 0.130 e. The number of aliphatic hydroxyl groups excluding tert-OH is 1. The summed E-state index contributed by atoms with van der Waals surface area (Å²) in [6, 6.07) is 2.35. The van der Waals surface area contributed by atoms with Crippen LogP contribution in [0.3, 0.4) is 0 Å². The van der Waals surface area contributed by atoms with E-state index in [2.05, 4.69) is 5.32 Å². The first kappa shape index (κ1) is 11.1. The van der Waals surface area contributed by atoms with Crippen molar-refractivity contribution in [3.8, 4) is 0 Å². The summed E-state index contributed by atoms with van der Waals surface area (Å²) in [5.41, 5.74) is 0.838. The molecular weight excluding hydrogens is 188 g/mol. The lowest BCUT2D eigenvalue weighted by molar-refractivity contribution is 0.291. The Hall–Kier alpha value is -1.00. The van der Waals surface area contributed by atoms with E-state index in [1.54, 1.807) is 6.92 Å². The molecule has 4 heteroatoms. The molecule has 2 nitrogen and oxygen atoms in total. The molecule has 0 saturated carbocycles. The molecule has 0 fully saturated rings. The van der Waals surface area contributed by atoms with Gasteiger partial charge < -0.3 is 10.4 Å². The third-order valence-corrected chi connectivity index (χ3v) is 1.93. The number of halogens is 2. The monoisotopic (exact) mass is 201 g/mol. The molecule has 0 spiro atoms. The predicted octanol–water partition coefficient (Wildman–Crippen LogP) is 1.36. The topological polar surface area (TPSA) is 32.3 Å². The van der Waals surface area contributed by atoms with Crippen molar-refractivity contribution in [2.75, 3.05) is 13.2 Å². The van der Waals surface area contributed by atoms with Gasteiger partial charge >= 0.3 is 0 Å². The summed E-state index contributed by atoms with van der Waals surface area (Å²) in [5, 5.41) is 11.3. The molecule has 78 valence electrons. The first-order chi connectivity index (χ1) is 6.65. The van der Waals surface area contributed by atoms with Crippen LogP contribution in [0.1, 0.15) is 11.1 Å². The second-order valence-corrected chi connectivity index (χ2v) is 3.09. The standard InChI is InChI=1S/C10H13F2NO/c1-7-4-8(6-13-2-3-14)10(12)5-9(7)11/h4-5,13-14H,2-3,6H2,1H3. The second kappa shape index (κ2) is 5.02. The zero-order valence-electron chi connectivity index (χ0n) is 7.98. The van der Waals surface area contributed by atoms with Crippen LogP contribution in [0.4, 0.5) is 8.78 Å². The number of benzene rings is 1. The summed E-state index contributed by atoms with van der Waals surface area (Å²) in [6.07, 6.45) is 0. The molecule has 0 aromatic heterocycles. The van der Waals surface area contributed by atoms with Gasteiger partial charge in [0.25, 0.3) is 0 Å². The Kier molecular flexibility index (Phi) is 3.98. The molecule has 1 rings (SSSR count). The smallest absolute Gasteiger partial charge is 0.130 e. The summed E-state index contributed by atoms with van der Waals surface area (Å²) < 4.78 is 26.0. The molecular formula is C10H13F2NO. The lowest BCUT2D eigenvalue weighted by Gasteiger charge is -2.06. The minimum Gasteiger partial charge on any atom is -0.395 e. The lowest BCUT2D eigenvalue weighted by atomic mass is 10.1. The van der Waals surface area contributed by atoms with Crippen LogP contribution in [0.15, 0.2) is 12.1 Å². The summed E-state index contributed by atoms with van der Waals surface area (Å²) >= 11 is 0. The van der Waals surface area contributed by atoms with E-state index in [1.165, 1.54) is 6.07 Å². The van der Waals surface area contributed by atoms with E-state index in [4.69, 9.17) is 5.11 Å². The van der Waals surface area contributed by atoms with Crippen LogP contribution in [-0.2, 0) is 6.54 Å². The van der Waals surface area contributed by atoms with Gasteiger partial charge in [0, 0.05) is 24.7 Å². The van der Waals surface area contributed by atoms with Gasteiger partial charge in [0.05, 0.1) is 6.61 Å². The molecule has 1 aromatic carbocycles. The summed E-state index contributed by atoms with van der Waals surface area (Å²) in [4.78, 5) is 0. The van der Waals surface area contributed by atoms with Crippen molar-refractivity contribution in [2.45, 2.75) is 13.5 Å². The Morgan fingerprint density at radius 3 is 2.64 bits per heavy atom. The van der Waals surface area contributed by atoms with Gasteiger partial charge in [-0.3, -0.25) is 0 Å². The summed E-state index contributed by atoms with van der Waals surface area (Å²) in [5.74, 6) is -1.09. The van der Waals surface area contributed by atoms with Crippen molar-refractivity contribution in [3.63, 3.8) is 0 Å². The maximum atomic E-state index is 13.1. The molecule has 1 aromatic rings. The molecule has 0 bridgehead atoms. The predicted molar refractivity (Wildman–Crippen MR) is 49.9 cm³/mol. The number of hydrogen-bond acceptors (Lipinski definition) is 2.